The first kappa shape index (κ1) is 9.25. The van der Waals surface area contributed by atoms with E-state index in [0.717, 1.165) is 0 Å². The molecule has 0 aliphatic heterocycles. The number of benzene rings is 1. The van der Waals surface area contributed by atoms with Crippen LogP contribution in [0.15, 0.2) is 30.3 Å². The van der Waals surface area contributed by atoms with E-state index in [1.165, 1.54) is 12.1 Å². The monoisotopic (exact) mass is 178 g/mol. The Morgan fingerprint density at radius 3 is 1.85 bits per heavy atom. The summed E-state index contributed by atoms with van der Waals surface area (Å²) in [7, 11) is 0. The molecule has 0 fully saturated rings. The molecule has 4 heteroatoms. The average Bonchev–Trinajstić information content (AvgIpc) is 2.04. The van der Waals surface area contributed by atoms with E-state index >= 15 is 0 Å². The molecule has 0 unspecified atom stereocenters. The fraction of sp³-hybridized carbons (Fsp3) is 0.111. The summed E-state index contributed by atoms with van der Waals surface area (Å²) >= 11 is 0. The molecule has 0 spiro atoms. The zero-order valence-electron chi connectivity index (χ0n) is 6.60. The quantitative estimate of drug-likeness (QED) is 0.515. The van der Waals surface area contributed by atoms with Crippen LogP contribution in [0.3, 0.4) is 0 Å². The fourth-order valence-corrected chi connectivity index (χ4v) is 1.01. The minimum Gasteiger partial charge on any atom is -0.549 e. The molecule has 68 valence electrons. The maximum absolute atomic E-state index is 10.4. The van der Waals surface area contributed by atoms with E-state index < -0.39 is 17.9 Å². The Bertz CT molecular complexity index is 304. The van der Waals surface area contributed by atoms with E-state index in [1.807, 2.05) is 0 Å². The third kappa shape index (κ3) is 2.05. The van der Waals surface area contributed by atoms with E-state index in [9.17, 15) is 19.8 Å². The van der Waals surface area contributed by atoms with E-state index in [1.54, 1.807) is 18.2 Å². The van der Waals surface area contributed by atoms with Crippen LogP contribution in [0.5, 0.6) is 0 Å². The van der Waals surface area contributed by atoms with Crippen molar-refractivity contribution < 1.29 is 19.8 Å². The summed E-state index contributed by atoms with van der Waals surface area (Å²) in [6.07, 6.45) is 0. The highest BCUT2D eigenvalue weighted by Crippen LogP contribution is 2.13. The van der Waals surface area contributed by atoms with Gasteiger partial charge in [0.2, 0.25) is 0 Å². The van der Waals surface area contributed by atoms with Crippen LogP contribution in [0.25, 0.3) is 0 Å². The predicted molar refractivity (Wildman–Crippen MR) is 39.2 cm³/mol. The Morgan fingerprint density at radius 2 is 1.46 bits per heavy atom. The van der Waals surface area contributed by atoms with E-state index in [0.29, 0.717) is 0 Å². The van der Waals surface area contributed by atoms with Crippen LogP contribution in [0, 0.1) is 0 Å². The molecule has 0 saturated heterocycles. The highest BCUT2D eigenvalue weighted by atomic mass is 16.4. The van der Waals surface area contributed by atoms with Crippen molar-refractivity contribution in [1.29, 1.82) is 0 Å². The van der Waals surface area contributed by atoms with Crippen molar-refractivity contribution in [3.05, 3.63) is 35.9 Å². The summed E-state index contributed by atoms with van der Waals surface area (Å²) in [5.41, 5.74) is 0.155. The van der Waals surface area contributed by atoms with Gasteiger partial charge in [0, 0.05) is 0 Å². The predicted octanol–water partition coefficient (Wildman–Crippen LogP) is -1.73. The van der Waals surface area contributed by atoms with Crippen LogP contribution in [0.4, 0.5) is 0 Å². The topological polar surface area (TPSA) is 80.3 Å². The SMILES string of the molecule is O=C([O-])C(C(=O)[O-])c1ccccc1. The molecular formula is C9H6O4-2. The zero-order valence-corrected chi connectivity index (χ0v) is 6.60. The molecule has 0 N–H and O–H groups in total. The van der Waals surface area contributed by atoms with Gasteiger partial charge in [0.25, 0.3) is 0 Å². The maximum Gasteiger partial charge on any atom is 0.0632 e. The second kappa shape index (κ2) is 3.71. The summed E-state index contributed by atoms with van der Waals surface area (Å²) in [5, 5.41) is 20.8. The van der Waals surface area contributed by atoms with Gasteiger partial charge < -0.3 is 19.8 Å². The third-order valence-electron chi connectivity index (χ3n) is 1.60. The largest absolute Gasteiger partial charge is 0.549 e. The first-order chi connectivity index (χ1) is 6.13. The van der Waals surface area contributed by atoms with Gasteiger partial charge in [-0.05, 0) is 5.56 Å². The van der Waals surface area contributed by atoms with Crippen LogP contribution < -0.4 is 10.2 Å². The smallest absolute Gasteiger partial charge is 0.0632 e. The van der Waals surface area contributed by atoms with Crippen LogP contribution in [-0.4, -0.2) is 11.9 Å². The number of rotatable bonds is 3. The highest BCUT2D eigenvalue weighted by Gasteiger charge is 2.12. The normalized spacial score (nSPS) is 9.92. The fourth-order valence-electron chi connectivity index (χ4n) is 1.01. The lowest BCUT2D eigenvalue weighted by Crippen LogP contribution is -2.41. The molecule has 1 aromatic rings. The Hall–Kier alpha value is -1.84. The van der Waals surface area contributed by atoms with Crippen LogP contribution in [-0.2, 0) is 9.59 Å². The van der Waals surface area contributed by atoms with Crippen molar-refractivity contribution in [2.75, 3.05) is 0 Å². The first-order valence-electron chi connectivity index (χ1n) is 3.59. The highest BCUT2D eigenvalue weighted by molar-refractivity contribution is 5.96. The molecule has 13 heavy (non-hydrogen) atoms. The summed E-state index contributed by atoms with van der Waals surface area (Å²) < 4.78 is 0. The Balaban J connectivity index is 3.03. The second-order valence-electron chi connectivity index (χ2n) is 2.48. The lowest BCUT2D eigenvalue weighted by molar-refractivity contribution is -0.326. The summed E-state index contributed by atoms with van der Waals surface area (Å²) in [4.78, 5) is 20.8. The molecule has 0 aromatic heterocycles. The number of carbonyl (C=O) groups is 2. The first-order valence-corrected chi connectivity index (χ1v) is 3.59. The summed E-state index contributed by atoms with van der Waals surface area (Å²) in [6, 6.07) is 7.56. The number of carbonyl (C=O) groups excluding carboxylic acids is 2. The van der Waals surface area contributed by atoms with Gasteiger partial charge in [0.05, 0.1) is 17.9 Å². The van der Waals surface area contributed by atoms with Gasteiger partial charge in [-0.1, -0.05) is 30.3 Å². The van der Waals surface area contributed by atoms with Crippen molar-refractivity contribution in [1.82, 2.24) is 0 Å². The molecule has 1 rings (SSSR count). The van der Waals surface area contributed by atoms with Crippen LogP contribution >= 0.6 is 0 Å². The molecule has 1 aromatic carbocycles. The Labute approximate surface area is 74.4 Å². The zero-order chi connectivity index (χ0) is 9.84. The number of carboxylic acid groups (broad SMARTS) is 2. The molecule has 0 bridgehead atoms. The van der Waals surface area contributed by atoms with E-state index in [2.05, 4.69) is 0 Å². The second-order valence-corrected chi connectivity index (χ2v) is 2.48. The number of aliphatic carboxylic acids is 2. The van der Waals surface area contributed by atoms with Gasteiger partial charge in [-0.2, -0.15) is 0 Å². The molecule has 0 aliphatic carbocycles. The van der Waals surface area contributed by atoms with Crippen molar-refractivity contribution >= 4 is 11.9 Å². The molecule has 0 heterocycles. The van der Waals surface area contributed by atoms with Crippen LogP contribution in [0.1, 0.15) is 11.5 Å². The van der Waals surface area contributed by atoms with Gasteiger partial charge >= 0.3 is 0 Å². The van der Waals surface area contributed by atoms with Crippen molar-refractivity contribution in [3.8, 4) is 0 Å². The molecule has 0 atom stereocenters. The molecule has 4 nitrogen and oxygen atoms in total. The maximum atomic E-state index is 10.4. The standard InChI is InChI=1S/C9H8O4/c10-8(11)7(9(12)13)6-4-2-1-3-5-6/h1-5,7H,(H,10,11)(H,12,13)/p-2. The van der Waals surface area contributed by atoms with E-state index in [-0.39, 0.29) is 5.56 Å². The number of hydrogen-bond donors (Lipinski definition) is 0. The van der Waals surface area contributed by atoms with Gasteiger partial charge in [-0.15, -0.1) is 0 Å². The molecule has 0 amide bonds. The molecule has 0 radical (unpaired) electrons. The third-order valence-corrected chi connectivity index (χ3v) is 1.60. The lowest BCUT2D eigenvalue weighted by Gasteiger charge is -2.18. The lowest BCUT2D eigenvalue weighted by atomic mass is 10.00. The molecule has 0 saturated carbocycles. The Kier molecular flexibility index (Phi) is 2.64. The average molecular weight is 178 g/mol. The number of hydrogen-bond acceptors (Lipinski definition) is 4. The Morgan fingerprint density at radius 1 is 1.00 bits per heavy atom. The van der Waals surface area contributed by atoms with Gasteiger partial charge in [0.1, 0.15) is 0 Å². The minimum atomic E-state index is -1.69. The van der Waals surface area contributed by atoms with Crippen molar-refractivity contribution in [3.63, 3.8) is 0 Å². The molecule has 0 aliphatic rings. The summed E-state index contributed by atoms with van der Waals surface area (Å²) in [6.45, 7) is 0. The number of carboxylic acids is 2. The van der Waals surface area contributed by atoms with Gasteiger partial charge in [-0.3, -0.25) is 0 Å². The summed E-state index contributed by atoms with van der Waals surface area (Å²) in [5.74, 6) is -5.02. The molecular weight excluding hydrogens is 172 g/mol. The van der Waals surface area contributed by atoms with Gasteiger partial charge in [-0.25, -0.2) is 0 Å². The van der Waals surface area contributed by atoms with E-state index in [4.69, 9.17) is 0 Å². The van der Waals surface area contributed by atoms with Gasteiger partial charge in [0.15, 0.2) is 0 Å². The van der Waals surface area contributed by atoms with Crippen molar-refractivity contribution in [2.24, 2.45) is 0 Å². The van der Waals surface area contributed by atoms with Crippen LogP contribution in [0.2, 0.25) is 0 Å². The minimum absolute atomic E-state index is 0.155. The van der Waals surface area contributed by atoms with Crippen molar-refractivity contribution in [2.45, 2.75) is 5.92 Å².